The van der Waals surface area contributed by atoms with Gasteiger partial charge in [0.2, 0.25) is 5.88 Å². The van der Waals surface area contributed by atoms with E-state index in [1.807, 2.05) is 0 Å². The van der Waals surface area contributed by atoms with Crippen molar-refractivity contribution in [3.63, 3.8) is 0 Å². The van der Waals surface area contributed by atoms with Crippen LogP contribution < -0.4 is 4.74 Å². The van der Waals surface area contributed by atoms with Gasteiger partial charge in [0, 0.05) is 6.07 Å². The average Bonchev–Trinajstić information content (AvgIpc) is 2.07. The number of nitrogens with zero attached hydrogens (tertiary/aromatic N) is 2. The Labute approximate surface area is 65.4 Å². The first kappa shape index (κ1) is 7.55. The van der Waals surface area contributed by atoms with E-state index in [0.717, 1.165) is 0 Å². The van der Waals surface area contributed by atoms with Crippen molar-refractivity contribution in [3.05, 3.63) is 17.8 Å². The highest BCUT2D eigenvalue weighted by atomic mass is 16.5. The van der Waals surface area contributed by atoms with Gasteiger partial charge >= 0.3 is 0 Å². The monoisotopic (exact) mass is 148 g/mol. The summed E-state index contributed by atoms with van der Waals surface area (Å²) in [5.74, 6) is 6.01. The number of ether oxygens (including phenoxy) is 1. The topological polar surface area (TPSA) is 35.0 Å². The lowest BCUT2D eigenvalue weighted by atomic mass is 10.4. The van der Waals surface area contributed by atoms with Crippen LogP contribution in [-0.2, 0) is 0 Å². The third kappa shape index (κ3) is 1.94. The van der Waals surface area contributed by atoms with Crippen LogP contribution in [0.25, 0.3) is 0 Å². The second kappa shape index (κ2) is 3.57. The van der Waals surface area contributed by atoms with E-state index >= 15 is 0 Å². The zero-order valence-electron chi connectivity index (χ0n) is 6.46. The fraction of sp³-hybridized carbons (Fsp3) is 0.250. The lowest BCUT2D eigenvalue weighted by molar-refractivity contribution is 0.391. The first-order valence-electron chi connectivity index (χ1n) is 3.17. The molecule has 0 bridgehead atoms. The smallest absolute Gasteiger partial charge is 0.233 e. The van der Waals surface area contributed by atoms with Crippen LogP contribution in [-0.4, -0.2) is 17.3 Å². The van der Waals surface area contributed by atoms with Crippen molar-refractivity contribution in [2.45, 2.75) is 6.92 Å². The van der Waals surface area contributed by atoms with Gasteiger partial charge in [0.25, 0.3) is 0 Å². The van der Waals surface area contributed by atoms with Gasteiger partial charge < -0.3 is 4.74 Å². The van der Waals surface area contributed by atoms with Crippen LogP contribution in [0.15, 0.2) is 12.1 Å². The average molecular weight is 148 g/mol. The maximum Gasteiger partial charge on any atom is 0.233 e. The number of hydrogen-bond acceptors (Lipinski definition) is 3. The van der Waals surface area contributed by atoms with E-state index in [2.05, 4.69) is 22.0 Å². The van der Waals surface area contributed by atoms with Crippen molar-refractivity contribution < 1.29 is 4.74 Å². The van der Waals surface area contributed by atoms with E-state index < -0.39 is 0 Å². The summed E-state index contributed by atoms with van der Waals surface area (Å²) < 4.78 is 4.83. The lowest BCUT2D eigenvalue weighted by Crippen LogP contribution is -1.91. The first-order valence-corrected chi connectivity index (χ1v) is 3.17. The van der Waals surface area contributed by atoms with Gasteiger partial charge in [-0.25, -0.2) is 0 Å². The van der Waals surface area contributed by atoms with Gasteiger partial charge in [-0.2, -0.15) is 0 Å². The number of rotatable bonds is 1. The Kier molecular flexibility index (Phi) is 2.45. The molecule has 0 saturated heterocycles. The Balaban J connectivity index is 2.88. The minimum atomic E-state index is 0.506. The normalized spacial score (nSPS) is 8.18. The van der Waals surface area contributed by atoms with Crippen LogP contribution in [0, 0.1) is 11.8 Å². The molecule has 1 heterocycles. The van der Waals surface area contributed by atoms with Crippen molar-refractivity contribution in [3.8, 4) is 17.7 Å². The number of methoxy groups -OCH3 is 1. The molecule has 0 aliphatic heterocycles. The quantitative estimate of drug-likeness (QED) is 0.554. The molecule has 11 heavy (non-hydrogen) atoms. The summed E-state index contributed by atoms with van der Waals surface area (Å²) >= 11 is 0. The molecule has 1 aromatic heterocycles. The van der Waals surface area contributed by atoms with Gasteiger partial charge in [0.1, 0.15) is 5.69 Å². The molecule has 0 aliphatic carbocycles. The Morgan fingerprint density at radius 2 is 2.18 bits per heavy atom. The second-order valence-electron chi connectivity index (χ2n) is 1.84. The van der Waals surface area contributed by atoms with Gasteiger partial charge in [-0.05, 0) is 18.9 Å². The molecule has 0 aromatic carbocycles. The van der Waals surface area contributed by atoms with Gasteiger partial charge in [-0.3, -0.25) is 0 Å². The molecule has 56 valence electrons. The highest BCUT2D eigenvalue weighted by Crippen LogP contribution is 2.01. The van der Waals surface area contributed by atoms with Gasteiger partial charge in [-0.1, -0.05) is 5.92 Å². The summed E-state index contributed by atoms with van der Waals surface area (Å²) in [7, 11) is 1.55. The van der Waals surface area contributed by atoms with E-state index in [-0.39, 0.29) is 0 Å². The summed E-state index contributed by atoms with van der Waals surface area (Å²) in [4.78, 5) is 0. The van der Waals surface area contributed by atoms with Crippen molar-refractivity contribution in [2.24, 2.45) is 0 Å². The highest BCUT2D eigenvalue weighted by molar-refractivity contribution is 5.26. The number of aromatic nitrogens is 2. The Hall–Kier alpha value is -1.56. The summed E-state index contributed by atoms with van der Waals surface area (Å²) in [6.07, 6.45) is 0. The largest absolute Gasteiger partial charge is 0.480 e. The number of hydrogen-bond donors (Lipinski definition) is 0. The lowest BCUT2D eigenvalue weighted by Gasteiger charge is -1.94. The molecule has 0 amide bonds. The standard InChI is InChI=1S/C8H8N2O/c1-3-4-7-5-6-8(11-2)10-9-7/h5-6H,1-2H3. The predicted octanol–water partition coefficient (Wildman–Crippen LogP) is 0.857. The van der Waals surface area contributed by atoms with Crippen LogP contribution in [0.4, 0.5) is 0 Å². The molecule has 0 spiro atoms. The molecule has 0 aliphatic rings. The summed E-state index contributed by atoms with van der Waals surface area (Å²) in [5, 5.41) is 7.53. The molecule has 3 nitrogen and oxygen atoms in total. The van der Waals surface area contributed by atoms with Crippen LogP contribution in [0.1, 0.15) is 12.6 Å². The molecular formula is C8H8N2O. The SMILES string of the molecule is CC#Cc1ccc(OC)nn1. The van der Waals surface area contributed by atoms with E-state index in [1.54, 1.807) is 26.2 Å². The molecule has 0 atom stereocenters. The van der Waals surface area contributed by atoms with Gasteiger partial charge in [0.15, 0.2) is 0 Å². The Bertz CT molecular complexity index is 281. The molecule has 0 fully saturated rings. The third-order valence-electron chi connectivity index (χ3n) is 1.10. The van der Waals surface area contributed by atoms with Crippen molar-refractivity contribution in [1.29, 1.82) is 0 Å². The zero-order valence-corrected chi connectivity index (χ0v) is 6.46. The van der Waals surface area contributed by atoms with E-state index in [1.165, 1.54) is 0 Å². The van der Waals surface area contributed by atoms with Crippen LogP contribution in [0.5, 0.6) is 5.88 Å². The van der Waals surface area contributed by atoms with Crippen molar-refractivity contribution in [1.82, 2.24) is 10.2 Å². The molecule has 1 rings (SSSR count). The molecule has 1 aromatic rings. The summed E-state index contributed by atoms with van der Waals surface area (Å²) in [6, 6.07) is 3.50. The molecular weight excluding hydrogens is 140 g/mol. The minimum Gasteiger partial charge on any atom is -0.480 e. The maximum atomic E-state index is 4.83. The summed E-state index contributed by atoms with van der Waals surface area (Å²) in [5.41, 5.74) is 0.660. The molecule has 0 radical (unpaired) electrons. The zero-order chi connectivity index (χ0) is 8.10. The third-order valence-corrected chi connectivity index (χ3v) is 1.10. The second-order valence-corrected chi connectivity index (χ2v) is 1.84. The van der Waals surface area contributed by atoms with Gasteiger partial charge in [0.05, 0.1) is 7.11 Å². The summed E-state index contributed by atoms with van der Waals surface area (Å²) in [6.45, 7) is 1.76. The fourth-order valence-electron chi connectivity index (χ4n) is 0.624. The maximum absolute atomic E-state index is 4.83. The van der Waals surface area contributed by atoms with E-state index in [9.17, 15) is 0 Å². The van der Waals surface area contributed by atoms with Crippen LogP contribution in [0.2, 0.25) is 0 Å². The minimum absolute atomic E-state index is 0.506. The first-order chi connectivity index (χ1) is 5.36. The van der Waals surface area contributed by atoms with Crippen LogP contribution >= 0.6 is 0 Å². The molecule has 0 unspecified atom stereocenters. The van der Waals surface area contributed by atoms with Crippen LogP contribution in [0.3, 0.4) is 0 Å². The van der Waals surface area contributed by atoms with E-state index in [4.69, 9.17) is 4.74 Å². The fourth-order valence-corrected chi connectivity index (χ4v) is 0.624. The van der Waals surface area contributed by atoms with Gasteiger partial charge in [-0.15, -0.1) is 10.2 Å². The molecule has 0 saturated carbocycles. The molecule has 3 heteroatoms. The van der Waals surface area contributed by atoms with E-state index in [0.29, 0.717) is 11.6 Å². The van der Waals surface area contributed by atoms with Crippen molar-refractivity contribution >= 4 is 0 Å². The van der Waals surface area contributed by atoms with Crippen molar-refractivity contribution in [2.75, 3.05) is 7.11 Å². The highest BCUT2D eigenvalue weighted by Gasteiger charge is 1.91. The Morgan fingerprint density at radius 3 is 2.64 bits per heavy atom. The molecule has 0 N–H and O–H groups in total. The predicted molar refractivity (Wildman–Crippen MR) is 41.1 cm³/mol. The Morgan fingerprint density at radius 1 is 1.36 bits per heavy atom.